The molecule has 0 radical (unpaired) electrons. The molecule has 0 saturated heterocycles. The molecule has 0 atom stereocenters. The van der Waals surface area contributed by atoms with E-state index in [1.807, 2.05) is 0 Å². The highest BCUT2D eigenvalue weighted by atomic mass is 19.4. The van der Waals surface area contributed by atoms with Crippen LogP contribution in [0, 0.1) is 0 Å². The lowest BCUT2D eigenvalue weighted by Gasteiger charge is -2.31. The number of carbonyl (C=O) groups is 1. The Bertz CT molecular complexity index is 237. The second-order valence-corrected chi connectivity index (χ2v) is 3.94. The smallest absolute Gasteiger partial charge is 0.337 e. The summed E-state index contributed by atoms with van der Waals surface area (Å²) in [7, 11) is 1.46. The van der Waals surface area contributed by atoms with Crippen LogP contribution in [0.25, 0.3) is 0 Å². The first-order chi connectivity index (χ1) is 6.04. The van der Waals surface area contributed by atoms with Gasteiger partial charge in [0.2, 0.25) is 5.91 Å². The Balaban J connectivity index is 4.45. The van der Waals surface area contributed by atoms with E-state index in [1.54, 1.807) is 20.8 Å². The molecule has 1 amide bonds. The zero-order valence-corrected chi connectivity index (χ0v) is 8.64. The van der Waals surface area contributed by atoms with Gasteiger partial charge in [-0.3, -0.25) is 4.79 Å². The third kappa shape index (κ3) is 4.89. The van der Waals surface area contributed by atoms with E-state index in [0.717, 1.165) is 0 Å². The minimum absolute atomic E-state index is 0.0580. The summed E-state index contributed by atoms with van der Waals surface area (Å²) >= 11 is 0. The Labute approximate surface area is 81.4 Å². The monoisotopic (exact) mass is 209 g/mol. The van der Waals surface area contributed by atoms with Gasteiger partial charge in [-0.1, -0.05) is 0 Å². The van der Waals surface area contributed by atoms with Crippen molar-refractivity contribution < 1.29 is 18.0 Å². The van der Waals surface area contributed by atoms with Crippen LogP contribution in [0.2, 0.25) is 0 Å². The number of halogens is 3. The number of rotatable bonds is 1. The van der Waals surface area contributed by atoms with Gasteiger partial charge in [-0.15, -0.1) is 0 Å². The predicted octanol–water partition coefficient (Wildman–Crippen LogP) is 2.36. The summed E-state index contributed by atoms with van der Waals surface area (Å²) in [4.78, 5) is 12.4. The van der Waals surface area contributed by atoms with Crippen LogP contribution in [0.3, 0.4) is 0 Å². The van der Waals surface area contributed by atoms with Crippen molar-refractivity contribution in [2.75, 3.05) is 7.05 Å². The van der Waals surface area contributed by atoms with Crippen LogP contribution in [0.4, 0.5) is 13.2 Å². The molecule has 14 heavy (non-hydrogen) atoms. The summed E-state index contributed by atoms with van der Waals surface area (Å²) in [5.74, 6) is -0.658. The lowest BCUT2D eigenvalue weighted by Crippen LogP contribution is -2.41. The van der Waals surface area contributed by atoms with E-state index < -0.39 is 17.6 Å². The molecule has 2 nitrogen and oxygen atoms in total. The largest absolute Gasteiger partial charge is 0.409 e. The van der Waals surface area contributed by atoms with E-state index in [0.29, 0.717) is 6.08 Å². The molecule has 0 aliphatic carbocycles. The summed E-state index contributed by atoms with van der Waals surface area (Å²) in [5, 5.41) is 0. The minimum atomic E-state index is -4.44. The van der Waals surface area contributed by atoms with Gasteiger partial charge in [0.05, 0.1) is 0 Å². The quantitative estimate of drug-likeness (QED) is 0.607. The van der Waals surface area contributed by atoms with E-state index in [4.69, 9.17) is 0 Å². The maximum Gasteiger partial charge on any atom is 0.409 e. The van der Waals surface area contributed by atoms with E-state index in [2.05, 4.69) is 0 Å². The van der Waals surface area contributed by atoms with Gasteiger partial charge in [-0.25, -0.2) is 0 Å². The molecular formula is C9H14F3NO. The summed E-state index contributed by atoms with van der Waals surface area (Å²) in [5.41, 5.74) is -0.479. The van der Waals surface area contributed by atoms with Gasteiger partial charge in [0.15, 0.2) is 0 Å². The van der Waals surface area contributed by atoms with Crippen LogP contribution < -0.4 is 0 Å². The Morgan fingerprint density at radius 2 is 1.64 bits per heavy atom. The molecule has 82 valence electrons. The van der Waals surface area contributed by atoms with Crippen molar-refractivity contribution >= 4 is 5.91 Å². The first-order valence-corrected chi connectivity index (χ1v) is 4.08. The van der Waals surface area contributed by atoms with Crippen molar-refractivity contribution in [2.45, 2.75) is 32.5 Å². The molecule has 0 fully saturated rings. The van der Waals surface area contributed by atoms with Gasteiger partial charge in [0, 0.05) is 24.7 Å². The van der Waals surface area contributed by atoms with E-state index in [-0.39, 0.29) is 6.08 Å². The molecule has 0 aliphatic heterocycles. The van der Waals surface area contributed by atoms with E-state index in [9.17, 15) is 18.0 Å². The SMILES string of the molecule is CN(C(=O)/C=C/C(F)(F)F)C(C)(C)C. The summed E-state index contributed by atoms with van der Waals surface area (Å²) < 4.78 is 35.2. The molecule has 0 bridgehead atoms. The van der Waals surface area contributed by atoms with Crippen LogP contribution in [0.15, 0.2) is 12.2 Å². The van der Waals surface area contributed by atoms with Crippen molar-refractivity contribution in [3.8, 4) is 0 Å². The second-order valence-electron chi connectivity index (χ2n) is 3.94. The Morgan fingerprint density at radius 3 is 1.93 bits per heavy atom. The van der Waals surface area contributed by atoms with Crippen LogP contribution in [0.5, 0.6) is 0 Å². The Kier molecular flexibility index (Phi) is 3.73. The topological polar surface area (TPSA) is 20.3 Å². The number of amides is 1. The number of hydrogen-bond donors (Lipinski definition) is 0. The summed E-state index contributed by atoms with van der Waals surface area (Å²) in [6.45, 7) is 5.23. The number of alkyl halides is 3. The molecule has 0 aromatic heterocycles. The third-order valence-electron chi connectivity index (χ3n) is 1.75. The van der Waals surface area contributed by atoms with Crippen molar-refractivity contribution in [3.63, 3.8) is 0 Å². The molecule has 0 aliphatic rings. The summed E-state index contributed by atoms with van der Waals surface area (Å²) in [6.07, 6.45) is -3.96. The fourth-order valence-electron chi connectivity index (χ4n) is 0.608. The fraction of sp³-hybridized carbons (Fsp3) is 0.667. The molecule has 0 unspecified atom stereocenters. The maximum atomic E-state index is 11.7. The highest BCUT2D eigenvalue weighted by Crippen LogP contribution is 2.17. The number of allylic oxidation sites excluding steroid dienone is 1. The van der Waals surface area contributed by atoms with Crippen molar-refractivity contribution in [1.29, 1.82) is 0 Å². The standard InChI is InChI=1S/C9H14F3NO/c1-8(2,3)13(4)7(14)5-6-9(10,11)12/h5-6H,1-4H3/b6-5+. The van der Waals surface area contributed by atoms with Crippen molar-refractivity contribution in [2.24, 2.45) is 0 Å². The number of likely N-dealkylation sites (N-methyl/N-ethyl adjacent to an activating group) is 1. The van der Waals surface area contributed by atoms with E-state index in [1.165, 1.54) is 11.9 Å². The molecule has 0 spiro atoms. The molecule has 0 heterocycles. The lowest BCUT2D eigenvalue weighted by atomic mass is 10.1. The van der Waals surface area contributed by atoms with Crippen molar-refractivity contribution in [3.05, 3.63) is 12.2 Å². The van der Waals surface area contributed by atoms with Gasteiger partial charge in [-0.2, -0.15) is 13.2 Å². The molecular weight excluding hydrogens is 195 g/mol. The second kappa shape index (κ2) is 4.02. The van der Waals surface area contributed by atoms with Crippen LogP contribution in [-0.4, -0.2) is 29.6 Å². The highest BCUT2D eigenvalue weighted by Gasteiger charge is 2.25. The number of hydrogen-bond acceptors (Lipinski definition) is 1. The lowest BCUT2D eigenvalue weighted by molar-refractivity contribution is -0.129. The molecule has 0 aromatic carbocycles. The minimum Gasteiger partial charge on any atom is -0.337 e. The molecule has 0 saturated carbocycles. The Morgan fingerprint density at radius 1 is 1.21 bits per heavy atom. The fourth-order valence-corrected chi connectivity index (χ4v) is 0.608. The van der Waals surface area contributed by atoms with E-state index >= 15 is 0 Å². The molecule has 0 aromatic rings. The average molecular weight is 209 g/mol. The first-order valence-electron chi connectivity index (χ1n) is 4.08. The number of carbonyl (C=O) groups excluding carboxylic acids is 1. The molecule has 0 N–H and O–H groups in total. The summed E-state index contributed by atoms with van der Waals surface area (Å²) in [6, 6.07) is 0. The normalized spacial score (nSPS) is 13.4. The first kappa shape index (κ1) is 13.0. The average Bonchev–Trinajstić information content (AvgIpc) is 1.95. The Hall–Kier alpha value is -1.00. The van der Waals surface area contributed by atoms with Gasteiger partial charge in [-0.05, 0) is 20.8 Å². The van der Waals surface area contributed by atoms with Crippen LogP contribution in [0.1, 0.15) is 20.8 Å². The zero-order valence-electron chi connectivity index (χ0n) is 8.64. The van der Waals surface area contributed by atoms with Gasteiger partial charge >= 0.3 is 6.18 Å². The van der Waals surface area contributed by atoms with Gasteiger partial charge in [0.25, 0.3) is 0 Å². The third-order valence-corrected chi connectivity index (χ3v) is 1.75. The molecule has 5 heteroatoms. The highest BCUT2D eigenvalue weighted by molar-refractivity contribution is 5.88. The van der Waals surface area contributed by atoms with Gasteiger partial charge in [0.1, 0.15) is 0 Å². The maximum absolute atomic E-state index is 11.7. The van der Waals surface area contributed by atoms with Crippen molar-refractivity contribution in [1.82, 2.24) is 4.90 Å². The van der Waals surface area contributed by atoms with Gasteiger partial charge < -0.3 is 4.90 Å². The molecule has 0 rings (SSSR count). The number of nitrogens with zero attached hydrogens (tertiary/aromatic N) is 1. The van der Waals surface area contributed by atoms with Crippen LogP contribution >= 0.6 is 0 Å². The van der Waals surface area contributed by atoms with Crippen LogP contribution in [-0.2, 0) is 4.79 Å². The zero-order chi connectivity index (χ0) is 11.6. The predicted molar refractivity (Wildman–Crippen MR) is 47.7 cm³/mol.